The number of nitrogens with two attached hydrogens (primary N) is 1. The van der Waals surface area contributed by atoms with Crippen LogP contribution in [0.3, 0.4) is 0 Å². The molecule has 32 heavy (non-hydrogen) atoms. The van der Waals surface area contributed by atoms with Crippen molar-refractivity contribution in [3.63, 3.8) is 0 Å². The fourth-order valence-corrected chi connectivity index (χ4v) is 3.92. The molecular formula is C25H21N3O4. The molecule has 0 spiro atoms. The number of carbonyl (C=O) groups excluding carboxylic acids is 1. The molecule has 0 atom stereocenters. The van der Waals surface area contributed by atoms with E-state index in [1.807, 2.05) is 24.3 Å². The van der Waals surface area contributed by atoms with Gasteiger partial charge < -0.3 is 15.8 Å². The van der Waals surface area contributed by atoms with Gasteiger partial charge in [0.25, 0.3) is 5.69 Å². The lowest BCUT2D eigenvalue weighted by molar-refractivity contribution is -0.385. The Morgan fingerprint density at radius 1 is 1.12 bits per heavy atom. The van der Waals surface area contributed by atoms with Crippen molar-refractivity contribution in [2.24, 2.45) is 0 Å². The smallest absolute Gasteiger partial charge is 0.407 e. The summed E-state index contributed by atoms with van der Waals surface area (Å²) < 4.78 is 5.46. The van der Waals surface area contributed by atoms with E-state index in [1.54, 1.807) is 13.0 Å². The molecule has 7 nitrogen and oxygen atoms in total. The van der Waals surface area contributed by atoms with Crippen molar-refractivity contribution < 1.29 is 14.5 Å². The fraction of sp³-hybridized carbons (Fsp3) is 0.160. The molecule has 3 N–H and O–H groups in total. The number of nitrogens with zero attached hydrogens (tertiary/aromatic N) is 1. The maximum Gasteiger partial charge on any atom is 0.407 e. The zero-order valence-corrected chi connectivity index (χ0v) is 17.4. The second kappa shape index (κ2) is 8.82. The molecule has 0 saturated carbocycles. The number of rotatable bonds is 4. The molecule has 0 radical (unpaired) electrons. The summed E-state index contributed by atoms with van der Waals surface area (Å²) in [5.74, 6) is 5.62. The molecule has 1 aliphatic rings. The highest BCUT2D eigenvalue weighted by Gasteiger charge is 2.28. The summed E-state index contributed by atoms with van der Waals surface area (Å²) in [6.07, 6.45) is -0.561. The number of anilines is 1. The average molecular weight is 427 g/mol. The van der Waals surface area contributed by atoms with Crippen molar-refractivity contribution in [1.29, 1.82) is 0 Å². The van der Waals surface area contributed by atoms with E-state index in [2.05, 4.69) is 41.4 Å². The van der Waals surface area contributed by atoms with Crippen LogP contribution in [0.4, 0.5) is 16.2 Å². The third-order valence-corrected chi connectivity index (χ3v) is 5.45. The first-order valence-electron chi connectivity index (χ1n) is 10.1. The van der Waals surface area contributed by atoms with E-state index in [-0.39, 0.29) is 30.4 Å². The summed E-state index contributed by atoms with van der Waals surface area (Å²) in [5, 5.41) is 13.6. The quantitative estimate of drug-likeness (QED) is 0.278. The van der Waals surface area contributed by atoms with E-state index in [1.165, 1.54) is 17.2 Å². The Bertz CT molecular complexity index is 1230. The number of alkyl carbamates (subject to hydrolysis) is 1. The molecule has 1 aliphatic carbocycles. The number of hydrogen-bond donors (Lipinski definition) is 2. The normalized spacial score (nSPS) is 11.7. The molecule has 4 rings (SSSR count). The Morgan fingerprint density at radius 3 is 2.38 bits per heavy atom. The molecular weight excluding hydrogens is 406 g/mol. The van der Waals surface area contributed by atoms with Crippen molar-refractivity contribution in [2.45, 2.75) is 12.8 Å². The average Bonchev–Trinajstić information content (AvgIpc) is 3.11. The molecule has 0 aliphatic heterocycles. The van der Waals surface area contributed by atoms with Crippen molar-refractivity contribution in [1.82, 2.24) is 5.32 Å². The predicted octanol–water partition coefficient (Wildman–Crippen LogP) is 4.38. The van der Waals surface area contributed by atoms with Gasteiger partial charge in [-0.1, -0.05) is 60.4 Å². The van der Waals surface area contributed by atoms with Gasteiger partial charge in [-0.15, -0.1) is 0 Å². The molecule has 0 unspecified atom stereocenters. The first kappa shape index (κ1) is 20.9. The molecule has 0 heterocycles. The molecule has 7 heteroatoms. The van der Waals surface area contributed by atoms with Crippen LogP contribution < -0.4 is 11.1 Å². The van der Waals surface area contributed by atoms with Crippen LogP contribution in [0.1, 0.15) is 28.2 Å². The summed E-state index contributed by atoms with van der Waals surface area (Å²) in [6.45, 7) is 1.91. The number of nitro benzene ring substituents is 1. The van der Waals surface area contributed by atoms with Gasteiger partial charge in [-0.05, 0) is 35.2 Å². The van der Waals surface area contributed by atoms with Crippen LogP contribution in [0.15, 0.2) is 60.7 Å². The minimum atomic E-state index is -0.561. The van der Waals surface area contributed by atoms with Crippen LogP contribution in [0, 0.1) is 28.9 Å². The maximum atomic E-state index is 12.2. The lowest BCUT2D eigenvalue weighted by Crippen LogP contribution is -2.26. The largest absolute Gasteiger partial charge is 0.449 e. The molecule has 3 aromatic rings. The number of fused-ring (bicyclic) bond motifs is 3. The predicted molar refractivity (Wildman–Crippen MR) is 122 cm³/mol. The number of carbonyl (C=O) groups is 1. The van der Waals surface area contributed by atoms with Gasteiger partial charge in [0.05, 0.1) is 17.2 Å². The van der Waals surface area contributed by atoms with Crippen molar-refractivity contribution in [3.05, 3.63) is 93.0 Å². The minimum absolute atomic E-state index is 0.0119. The van der Waals surface area contributed by atoms with Gasteiger partial charge in [-0.2, -0.15) is 0 Å². The molecule has 0 fully saturated rings. The Hall–Kier alpha value is -4.31. The van der Waals surface area contributed by atoms with Crippen LogP contribution in [0.2, 0.25) is 0 Å². The second-order valence-corrected chi connectivity index (χ2v) is 7.46. The highest BCUT2D eigenvalue weighted by molar-refractivity contribution is 5.79. The zero-order valence-electron chi connectivity index (χ0n) is 17.4. The van der Waals surface area contributed by atoms with Crippen LogP contribution in [-0.2, 0) is 4.74 Å². The third-order valence-electron chi connectivity index (χ3n) is 5.45. The molecule has 3 aromatic carbocycles. The first-order valence-corrected chi connectivity index (χ1v) is 10.1. The number of benzene rings is 3. The van der Waals surface area contributed by atoms with Crippen molar-refractivity contribution >= 4 is 17.5 Å². The highest BCUT2D eigenvalue weighted by Crippen LogP contribution is 2.44. The third kappa shape index (κ3) is 4.12. The van der Waals surface area contributed by atoms with Gasteiger partial charge in [-0.25, -0.2) is 4.79 Å². The van der Waals surface area contributed by atoms with E-state index in [0.29, 0.717) is 11.1 Å². The highest BCUT2D eigenvalue weighted by atomic mass is 16.6. The number of nitrogens with one attached hydrogen (secondary N) is 1. The monoisotopic (exact) mass is 427 g/mol. The number of aryl methyl sites for hydroxylation is 1. The topological polar surface area (TPSA) is 107 Å². The van der Waals surface area contributed by atoms with E-state index < -0.39 is 11.0 Å². The minimum Gasteiger partial charge on any atom is -0.449 e. The molecule has 0 aromatic heterocycles. The number of nitrogen functional groups attached to an aromatic ring is 1. The number of nitro groups is 1. The Labute approximate surface area is 185 Å². The zero-order chi connectivity index (χ0) is 22.7. The summed E-state index contributed by atoms with van der Waals surface area (Å²) >= 11 is 0. The fourth-order valence-electron chi connectivity index (χ4n) is 3.92. The lowest BCUT2D eigenvalue weighted by Gasteiger charge is -2.14. The SMILES string of the molecule is Cc1cc(C#CCNC(=O)OCC2c3ccccc3-c3ccccc32)c(N)cc1[N+](=O)[O-]. The number of hydrogen-bond acceptors (Lipinski definition) is 5. The van der Waals surface area contributed by atoms with Crippen LogP contribution in [0.25, 0.3) is 11.1 Å². The molecule has 0 saturated heterocycles. The van der Waals surface area contributed by atoms with Gasteiger partial charge in [0.1, 0.15) is 6.61 Å². The summed E-state index contributed by atoms with van der Waals surface area (Å²) in [5.41, 5.74) is 11.6. The standard InChI is InChI=1S/C25H21N3O4/c1-16-13-17(23(26)14-24(16)28(30)31)7-6-12-27-25(29)32-15-22-20-10-4-2-8-18(20)19-9-3-5-11-21(19)22/h2-5,8-11,13-14,22H,12,15,26H2,1H3,(H,27,29). The van der Waals surface area contributed by atoms with E-state index >= 15 is 0 Å². The van der Waals surface area contributed by atoms with E-state index in [4.69, 9.17) is 10.5 Å². The summed E-state index contributed by atoms with van der Waals surface area (Å²) in [6, 6.07) is 19.1. The Kier molecular flexibility index (Phi) is 5.77. The molecule has 160 valence electrons. The van der Waals surface area contributed by atoms with E-state index in [9.17, 15) is 14.9 Å². The maximum absolute atomic E-state index is 12.2. The van der Waals surface area contributed by atoms with Gasteiger partial charge in [0.2, 0.25) is 0 Å². The van der Waals surface area contributed by atoms with Crippen molar-refractivity contribution in [3.8, 4) is 23.0 Å². The second-order valence-electron chi connectivity index (χ2n) is 7.46. The Balaban J connectivity index is 1.36. The van der Waals surface area contributed by atoms with E-state index in [0.717, 1.165) is 11.1 Å². The first-order chi connectivity index (χ1) is 15.5. The lowest BCUT2D eigenvalue weighted by atomic mass is 9.98. The van der Waals surface area contributed by atoms with Gasteiger partial charge in [-0.3, -0.25) is 10.1 Å². The van der Waals surface area contributed by atoms with Crippen LogP contribution in [0.5, 0.6) is 0 Å². The molecule has 1 amide bonds. The van der Waals surface area contributed by atoms with Crippen molar-refractivity contribution in [2.75, 3.05) is 18.9 Å². The number of ether oxygens (including phenoxy) is 1. The molecule has 0 bridgehead atoms. The van der Waals surface area contributed by atoms with Gasteiger partial charge in [0.15, 0.2) is 0 Å². The summed E-state index contributed by atoms with van der Waals surface area (Å²) in [7, 11) is 0. The van der Waals surface area contributed by atoms with Crippen LogP contribution >= 0.6 is 0 Å². The number of amides is 1. The Morgan fingerprint density at radius 2 is 1.75 bits per heavy atom. The van der Waals surface area contributed by atoms with Gasteiger partial charge in [0, 0.05) is 23.1 Å². The van der Waals surface area contributed by atoms with Crippen LogP contribution in [-0.4, -0.2) is 24.2 Å². The van der Waals surface area contributed by atoms with Gasteiger partial charge >= 0.3 is 6.09 Å². The summed E-state index contributed by atoms with van der Waals surface area (Å²) in [4.78, 5) is 22.7.